The Morgan fingerprint density at radius 3 is 2.81 bits per heavy atom. The summed E-state index contributed by atoms with van der Waals surface area (Å²) >= 11 is 0. The molecule has 16 heavy (non-hydrogen) atoms. The van der Waals surface area contributed by atoms with E-state index in [1.807, 2.05) is 26.4 Å². The van der Waals surface area contributed by atoms with E-state index in [2.05, 4.69) is 21.3 Å². The first kappa shape index (κ1) is 11.4. The Morgan fingerprint density at radius 1 is 1.38 bits per heavy atom. The molecular weight excluding hydrogens is 198 g/mol. The van der Waals surface area contributed by atoms with Crippen LogP contribution in [-0.4, -0.2) is 25.1 Å². The van der Waals surface area contributed by atoms with Crippen molar-refractivity contribution in [2.24, 2.45) is 0 Å². The van der Waals surface area contributed by atoms with Crippen LogP contribution in [0.2, 0.25) is 0 Å². The minimum absolute atomic E-state index is 0.718. The molecule has 0 aliphatic heterocycles. The minimum atomic E-state index is 0.718. The maximum atomic E-state index is 4.41. The number of hydrogen-bond donors (Lipinski definition) is 1. The van der Waals surface area contributed by atoms with Gasteiger partial charge in [0.15, 0.2) is 0 Å². The van der Waals surface area contributed by atoms with Crippen LogP contribution in [0.5, 0.6) is 0 Å². The zero-order valence-electron chi connectivity index (χ0n) is 10.2. The lowest BCUT2D eigenvalue weighted by Crippen LogP contribution is -2.26. The van der Waals surface area contributed by atoms with Crippen molar-refractivity contribution in [1.29, 1.82) is 0 Å². The van der Waals surface area contributed by atoms with Gasteiger partial charge in [0.05, 0.1) is 0 Å². The number of nitrogens with one attached hydrogen (secondary N) is 1. The van der Waals surface area contributed by atoms with E-state index in [4.69, 9.17) is 0 Å². The van der Waals surface area contributed by atoms with Gasteiger partial charge >= 0.3 is 0 Å². The topological polar surface area (TPSA) is 28.2 Å². The third-order valence-corrected chi connectivity index (χ3v) is 3.23. The summed E-state index contributed by atoms with van der Waals surface area (Å²) in [4.78, 5) is 6.48. The summed E-state index contributed by atoms with van der Waals surface area (Å²) in [7, 11) is 4.09. The van der Waals surface area contributed by atoms with Crippen molar-refractivity contribution in [3.05, 3.63) is 23.9 Å². The summed E-state index contributed by atoms with van der Waals surface area (Å²) < 4.78 is 0. The van der Waals surface area contributed by atoms with Crippen LogP contribution in [0.3, 0.4) is 0 Å². The van der Waals surface area contributed by atoms with Crippen molar-refractivity contribution in [3.8, 4) is 0 Å². The molecule has 1 N–H and O–H groups in total. The van der Waals surface area contributed by atoms with E-state index in [0.29, 0.717) is 0 Å². The quantitative estimate of drug-likeness (QED) is 0.841. The summed E-state index contributed by atoms with van der Waals surface area (Å²) in [6, 6.07) is 4.89. The lowest BCUT2D eigenvalue weighted by atomic mass is 10.2. The first-order valence-corrected chi connectivity index (χ1v) is 6.12. The molecule has 0 aromatic carbocycles. The summed E-state index contributed by atoms with van der Waals surface area (Å²) in [6.07, 6.45) is 7.28. The van der Waals surface area contributed by atoms with Gasteiger partial charge in [-0.05, 0) is 18.9 Å². The maximum absolute atomic E-state index is 4.41. The van der Waals surface area contributed by atoms with Gasteiger partial charge in [-0.2, -0.15) is 0 Å². The predicted molar refractivity (Wildman–Crippen MR) is 67.7 cm³/mol. The Kier molecular flexibility index (Phi) is 3.78. The molecule has 0 amide bonds. The van der Waals surface area contributed by atoms with Crippen molar-refractivity contribution in [2.45, 2.75) is 38.3 Å². The second-order valence-electron chi connectivity index (χ2n) is 4.74. The highest BCUT2D eigenvalue weighted by Crippen LogP contribution is 2.19. The van der Waals surface area contributed by atoms with Gasteiger partial charge in [0.2, 0.25) is 0 Å². The Hall–Kier alpha value is -1.09. The number of rotatable bonds is 4. The minimum Gasteiger partial charge on any atom is -0.362 e. The number of anilines is 1. The fourth-order valence-electron chi connectivity index (χ4n) is 2.36. The zero-order valence-corrected chi connectivity index (χ0v) is 10.2. The van der Waals surface area contributed by atoms with Crippen molar-refractivity contribution in [2.75, 3.05) is 19.0 Å². The van der Waals surface area contributed by atoms with E-state index in [1.165, 1.54) is 31.2 Å². The highest BCUT2D eigenvalue weighted by Gasteiger charge is 2.14. The Balaban J connectivity index is 1.97. The first-order valence-electron chi connectivity index (χ1n) is 6.12. The molecule has 0 atom stereocenters. The molecule has 1 aliphatic carbocycles. The number of pyridine rings is 1. The van der Waals surface area contributed by atoms with Gasteiger partial charge in [0.25, 0.3) is 0 Å². The van der Waals surface area contributed by atoms with Crippen molar-refractivity contribution in [3.63, 3.8) is 0 Å². The number of nitrogens with zero attached hydrogens (tertiary/aromatic N) is 2. The van der Waals surface area contributed by atoms with Crippen LogP contribution in [0, 0.1) is 0 Å². The summed E-state index contributed by atoms with van der Waals surface area (Å²) in [5.74, 6) is 1.08. The zero-order chi connectivity index (χ0) is 11.4. The van der Waals surface area contributed by atoms with Gasteiger partial charge < -0.3 is 10.2 Å². The van der Waals surface area contributed by atoms with Crippen LogP contribution < -0.4 is 10.2 Å². The second-order valence-corrected chi connectivity index (χ2v) is 4.74. The molecule has 1 aliphatic rings. The molecule has 0 radical (unpaired) electrons. The van der Waals surface area contributed by atoms with Gasteiger partial charge in [-0.25, -0.2) is 4.98 Å². The van der Waals surface area contributed by atoms with Crippen LogP contribution >= 0.6 is 0 Å². The molecule has 3 nitrogen and oxygen atoms in total. The smallest absolute Gasteiger partial charge is 0.132 e. The summed E-state index contributed by atoms with van der Waals surface area (Å²) in [6.45, 7) is 0.937. The van der Waals surface area contributed by atoms with Gasteiger partial charge in [-0.3, -0.25) is 0 Å². The van der Waals surface area contributed by atoms with Crippen LogP contribution in [0.15, 0.2) is 18.3 Å². The van der Waals surface area contributed by atoms with Crippen LogP contribution in [0.4, 0.5) is 5.82 Å². The number of aromatic nitrogens is 1. The lowest BCUT2D eigenvalue weighted by Gasteiger charge is -2.18. The molecule has 0 saturated heterocycles. The standard InChI is InChI=1S/C13H21N3/c1-16(2)13-11(6-5-9-14-13)10-15-12-7-3-4-8-12/h5-6,9,12,15H,3-4,7-8,10H2,1-2H3. The van der Waals surface area contributed by atoms with Gasteiger partial charge in [0, 0.05) is 38.4 Å². The van der Waals surface area contributed by atoms with Crippen molar-refractivity contribution in [1.82, 2.24) is 10.3 Å². The molecule has 1 saturated carbocycles. The molecule has 1 aromatic rings. The first-order chi connectivity index (χ1) is 7.77. The highest BCUT2D eigenvalue weighted by atomic mass is 15.1. The second kappa shape index (κ2) is 5.30. The third-order valence-electron chi connectivity index (χ3n) is 3.23. The fraction of sp³-hybridized carbons (Fsp3) is 0.615. The molecular formula is C13H21N3. The lowest BCUT2D eigenvalue weighted by molar-refractivity contribution is 0.524. The maximum Gasteiger partial charge on any atom is 0.132 e. The highest BCUT2D eigenvalue weighted by molar-refractivity contribution is 5.45. The van der Waals surface area contributed by atoms with Crippen LogP contribution in [0.1, 0.15) is 31.2 Å². The molecule has 1 heterocycles. The number of hydrogen-bond acceptors (Lipinski definition) is 3. The van der Waals surface area contributed by atoms with E-state index in [1.54, 1.807) is 0 Å². The monoisotopic (exact) mass is 219 g/mol. The molecule has 0 spiro atoms. The van der Waals surface area contributed by atoms with Gasteiger partial charge in [-0.15, -0.1) is 0 Å². The van der Waals surface area contributed by atoms with E-state index in [0.717, 1.165) is 18.4 Å². The Bertz CT molecular complexity index is 330. The van der Waals surface area contributed by atoms with Gasteiger partial charge in [0.1, 0.15) is 5.82 Å². The third kappa shape index (κ3) is 2.73. The van der Waals surface area contributed by atoms with E-state index in [-0.39, 0.29) is 0 Å². The van der Waals surface area contributed by atoms with Crippen LogP contribution in [0.25, 0.3) is 0 Å². The predicted octanol–water partition coefficient (Wildman–Crippen LogP) is 2.18. The van der Waals surface area contributed by atoms with Gasteiger partial charge in [-0.1, -0.05) is 18.9 Å². The van der Waals surface area contributed by atoms with E-state index < -0.39 is 0 Å². The summed E-state index contributed by atoms with van der Waals surface area (Å²) in [5.41, 5.74) is 1.29. The van der Waals surface area contributed by atoms with Crippen molar-refractivity contribution < 1.29 is 0 Å². The molecule has 0 unspecified atom stereocenters. The average molecular weight is 219 g/mol. The molecule has 3 heteroatoms. The fourth-order valence-corrected chi connectivity index (χ4v) is 2.36. The largest absolute Gasteiger partial charge is 0.362 e. The van der Waals surface area contributed by atoms with E-state index in [9.17, 15) is 0 Å². The van der Waals surface area contributed by atoms with E-state index >= 15 is 0 Å². The normalized spacial score (nSPS) is 16.6. The molecule has 1 aromatic heterocycles. The Labute approximate surface area is 97.9 Å². The summed E-state index contributed by atoms with van der Waals surface area (Å²) in [5, 5.41) is 3.63. The molecule has 1 fully saturated rings. The molecule has 88 valence electrons. The van der Waals surface area contributed by atoms with Crippen molar-refractivity contribution >= 4 is 5.82 Å². The molecule has 0 bridgehead atoms. The average Bonchev–Trinajstić information content (AvgIpc) is 2.79. The Morgan fingerprint density at radius 2 is 2.12 bits per heavy atom. The molecule has 2 rings (SSSR count). The SMILES string of the molecule is CN(C)c1ncccc1CNC1CCCC1. The van der Waals surface area contributed by atoms with Crippen LogP contribution in [-0.2, 0) is 6.54 Å².